The van der Waals surface area contributed by atoms with Crippen LogP contribution in [0.25, 0.3) is 0 Å². The van der Waals surface area contributed by atoms with Crippen molar-refractivity contribution in [2.24, 2.45) is 7.05 Å². The third kappa shape index (κ3) is 3.28. The van der Waals surface area contributed by atoms with Gasteiger partial charge in [0.05, 0.1) is 19.9 Å². The number of nitrogens with one attached hydrogen (secondary N) is 1. The number of carbonyl (C=O) groups excluding carboxylic acids is 1. The highest BCUT2D eigenvalue weighted by Gasteiger charge is 2.12. The van der Waals surface area contributed by atoms with Crippen molar-refractivity contribution in [3.63, 3.8) is 0 Å². The minimum atomic E-state index is -0.195. The van der Waals surface area contributed by atoms with Crippen molar-refractivity contribution in [1.29, 1.82) is 0 Å². The molecule has 0 fully saturated rings. The molecule has 0 aliphatic carbocycles. The van der Waals surface area contributed by atoms with Gasteiger partial charge in [0, 0.05) is 25.4 Å². The molecule has 0 spiro atoms. The Bertz CT molecular complexity index is 650. The third-order valence-corrected chi connectivity index (χ3v) is 3.19. The molecule has 0 saturated carbocycles. The number of ether oxygens (including phenoxy) is 2. The molecule has 0 aliphatic heterocycles. The number of carbonyl (C=O) groups is 1. The molecule has 0 unspecified atom stereocenters. The first-order chi connectivity index (χ1) is 10.0. The standard InChI is InChI=1S/C15H19N3O3/c1-18-9-11(16)7-13(18)15(19)17-8-10-6-12(20-2)4-5-14(10)21-3/h4-7,9H,8,16H2,1-3H3,(H,17,19). The van der Waals surface area contributed by atoms with Crippen molar-refractivity contribution in [3.05, 3.63) is 41.7 Å². The largest absolute Gasteiger partial charge is 0.497 e. The normalized spacial score (nSPS) is 10.2. The van der Waals surface area contributed by atoms with Gasteiger partial charge < -0.3 is 25.1 Å². The zero-order valence-electron chi connectivity index (χ0n) is 12.3. The molecule has 3 N–H and O–H groups in total. The fraction of sp³-hybridized carbons (Fsp3) is 0.267. The van der Waals surface area contributed by atoms with Crippen LogP contribution in [0, 0.1) is 0 Å². The minimum Gasteiger partial charge on any atom is -0.497 e. The number of anilines is 1. The van der Waals surface area contributed by atoms with Gasteiger partial charge in [-0.2, -0.15) is 0 Å². The van der Waals surface area contributed by atoms with Gasteiger partial charge in [0.2, 0.25) is 0 Å². The highest BCUT2D eigenvalue weighted by Crippen LogP contribution is 2.23. The van der Waals surface area contributed by atoms with Crippen LogP contribution < -0.4 is 20.5 Å². The maximum absolute atomic E-state index is 12.1. The molecule has 0 radical (unpaired) electrons. The van der Waals surface area contributed by atoms with Crippen LogP contribution in [0.3, 0.4) is 0 Å². The molecular weight excluding hydrogens is 270 g/mol. The minimum absolute atomic E-state index is 0.195. The number of nitrogens with two attached hydrogens (primary N) is 1. The van der Waals surface area contributed by atoms with Gasteiger partial charge in [0.15, 0.2) is 0 Å². The zero-order chi connectivity index (χ0) is 15.4. The summed E-state index contributed by atoms with van der Waals surface area (Å²) in [6.45, 7) is 0.338. The summed E-state index contributed by atoms with van der Waals surface area (Å²) in [5.41, 5.74) is 7.58. The second kappa shape index (κ2) is 6.21. The lowest BCUT2D eigenvalue weighted by atomic mass is 10.2. The van der Waals surface area contributed by atoms with Crippen LogP contribution >= 0.6 is 0 Å². The van der Waals surface area contributed by atoms with Crippen LogP contribution in [0.1, 0.15) is 16.1 Å². The summed E-state index contributed by atoms with van der Waals surface area (Å²) in [6, 6.07) is 7.08. The Morgan fingerprint density at radius 2 is 2.05 bits per heavy atom. The number of methoxy groups -OCH3 is 2. The summed E-state index contributed by atoms with van der Waals surface area (Å²) in [5.74, 6) is 1.21. The molecule has 0 atom stereocenters. The fourth-order valence-corrected chi connectivity index (χ4v) is 2.10. The number of aromatic nitrogens is 1. The van der Waals surface area contributed by atoms with Gasteiger partial charge in [-0.25, -0.2) is 0 Å². The summed E-state index contributed by atoms with van der Waals surface area (Å²) in [5, 5.41) is 2.84. The van der Waals surface area contributed by atoms with Crippen LogP contribution in [0.4, 0.5) is 5.69 Å². The maximum Gasteiger partial charge on any atom is 0.268 e. The monoisotopic (exact) mass is 289 g/mol. The first kappa shape index (κ1) is 14.8. The molecule has 0 aliphatic rings. The second-order valence-corrected chi connectivity index (χ2v) is 4.63. The van der Waals surface area contributed by atoms with Crippen molar-refractivity contribution in [2.75, 3.05) is 20.0 Å². The molecule has 1 amide bonds. The van der Waals surface area contributed by atoms with Crippen molar-refractivity contribution >= 4 is 11.6 Å². The summed E-state index contributed by atoms with van der Waals surface area (Å²) < 4.78 is 12.1. The molecular formula is C15H19N3O3. The molecule has 1 aromatic heterocycles. The number of nitrogens with zero attached hydrogens (tertiary/aromatic N) is 1. The highest BCUT2D eigenvalue weighted by atomic mass is 16.5. The number of rotatable bonds is 5. The zero-order valence-corrected chi connectivity index (χ0v) is 12.3. The van der Waals surface area contributed by atoms with Crippen molar-refractivity contribution in [1.82, 2.24) is 9.88 Å². The average Bonchev–Trinajstić information content (AvgIpc) is 2.83. The molecule has 1 aromatic carbocycles. The molecule has 6 heteroatoms. The number of aryl methyl sites for hydroxylation is 1. The Balaban J connectivity index is 2.12. The quantitative estimate of drug-likeness (QED) is 0.875. The van der Waals surface area contributed by atoms with E-state index in [0.717, 1.165) is 5.56 Å². The Hall–Kier alpha value is -2.63. The molecule has 0 bridgehead atoms. The summed E-state index contributed by atoms with van der Waals surface area (Å²) >= 11 is 0. The molecule has 6 nitrogen and oxygen atoms in total. The number of hydrogen-bond donors (Lipinski definition) is 2. The molecule has 1 heterocycles. The molecule has 2 aromatic rings. The second-order valence-electron chi connectivity index (χ2n) is 4.63. The number of amides is 1. The lowest BCUT2D eigenvalue weighted by molar-refractivity contribution is 0.0942. The van der Waals surface area contributed by atoms with E-state index in [2.05, 4.69) is 5.32 Å². The summed E-state index contributed by atoms with van der Waals surface area (Å²) in [4.78, 5) is 12.1. The van der Waals surface area contributed by atoms with Crippen LogP contribution in [-0.4, -0.2) is 24.7 Å². The van der Waals surface area contributed by atoms with Gasteiger partial charge in [0.1, 0.15) is 17.2 Å². The topological polar surface area (TPSA) is 78.5 Å². The predicted octanol–water partition coefficient (Wildman–Crippen LogP) is 1.55. The van der Waals surface area contributed by atoms with E-state index in [0.29, 0.717) is 29.4 Å². The average molecular weight is 289 g/mol. The summed E-state index contributed by atoms with van der Waals surface area (Å²) in [7, 11) is 4.96. The van der Waals surface area contributed by atoms with Crippen LogP contribution in [0.5, 0.6) is 11.5 Å². The molecule has 0 saturated heterocycles. The van der Waals surface area contributed by atoms with Crippen molar-refractivity contribution in [2.45, 2.75) is 6.54 Å². The van der Waals surface area contributed by atoms with E-state index in [1.54, 1.807) is 44.2 Å². The molecule has 21 heavy (non-hydrogen) atoms. The predicted molar refractivity (Wildman–Crippen MR) is 80.5 cm³/mol. The SMILES string of the molecule is COc1ccc(OC)c(CNC(=O)c2cc(N)cn2C)c1. The van der Waals surface area contributed by atoms with Gasteiger partial charge in [-0.15, -0.1) is 0 Å². The third-order valence-electron chi connectivity index (χ3n) is 3.19. The Morgan fingerprint density at radius 1 is 1.29 bits per heavy atom. The van der Waals surface area contributed by atoms with Crippen molar-refractivity contribution < 1.29 is 14.3 Å². The number of nitrogen functional groups attached to an aromatic ring is 1. The van der Waals surface area contributed by atoms with E-state index >= 15 is 0 Å². The van der Waals surface area contributed by atoms with E-state index in [4.69, 9.17) is 15.2 Å². The maximum atomic E-state index is 12.1. The van der Waals surface area contributed by atoms with Gasteiger partial charge in [0.25, 0.3) is 5.91 Å². The Kier molecular flexibility index (Phi) is 4.37. The summed E-state index contributed by atoms with van der Waals surface area (Å²) in [6.07, 6.45) is 1.70. The Labute approximate surface area is 123 Å². The van der Waals surface area contributed by atoms with Gasteiger partial charge in [-0.05, 0) is 24.3 Å². The fourth-order valence-electron chi connectivity index (χ4n) is 2.10. The first-order valence-electron chi connectivity index (χ1n) is 6.46. The van der Waals surface area contributed by atoms with E-state index in [1.165, 1.54) is 0 Å². The smallest absolute Gasteiger partial charge is 0.268 e. The molecule has 2 rings (SSSR count). The highest BCUT2D eigenvalue weighted by molar-refractivity contribution is 5.93. The number of hydrogen-bond acceptors (Lipinski definition) is 4. The molecule has 112 valence electrons. The van der Waals surface area contributed by atoms with Gasteiger partial charge >= 0.3 is 0 Å². The van der Waals surface area contributed by atoms with Crippen LogP contribution in [0.2, 0.25) is 0 Å². The van der Waals surface area contributed by atoms with E-state index in [1.807, 2.05) is 12.1 Å². The van der Waals surface area contributed by atoms with Crippen molar-refractivity contribution in [3.8, 4) is 11.5 Å². The number of benzene rings is 1. The first-order valence-corrected chi connectivity index (χ1v) is 6.46. The lowest BCUT2D eigenvalue weighted by Crippen LogP contribution is -2.25. The van der Waals surface area contributed by atoms with E-state index < -0.39 is 0 Å². The van der Waals surface area contributed by atoms with E-state index in [9.17, 15) is 4.79 Å². The van der Waals surface area contributed by atoms with Crippen LogP contribution in [0.15, 0.2) is 30.5 Å². The Morgan fingerprint density at radius 3 is 2.62 bits per heavy atom. The van der Waals surface area contributed by atoms with Crippen LogP contribution in [-0.2, 0) is 13.6 Å². The van der Waals surface area contributed by atoms with E-state index in [-0.39, 0.29) is 5.91 Å². The van der Waals surface area contributed by atoms with Gasteiger partial charge in [-0.3, -0.25) is 4.79 Å². The van der Waals surface area contributed by atoms with Gasteiger partial charge in [-0.1, -0.05) is 0 Å². The lowest BCUT2D eigenvalue weighted by Gasteiger charge is -2.11.